The van der Waals surface area contributed by atoms with E-state index in [1.54, 1.807) is 11.5 Å². The minimum atomic E-state index is -1.46. The van der Waals surface area contributed by atoms with Gasteiger partial charge in [-0.1, -0.05) is 0 Å². The van der Waals surface area contributed by atoms with Gasteiger partial charge >= 0.3 is 0 Å². The molecule has 1 fully saturated rings. The molecule has 9 nitrogen and oxygen atoms in total. The van der Waals surface area contributed by atoms with Gasteiger partial charge in [0.1, 0.15) is 29.4 Å². The first-order valence-corrected chi connectivity index (χ1v) is 6.31. The molecule has 2 aliphatic rings. The Morgan fingerprint density at radius 1 is 1.55 bits per heavy atom. The summed E-state index contributed by atoms with van der Waals surface area (Å²) in [6.45, 7) is 3.20. The molecule has 0 amide bonds. The Labute approximate surface area is 115 Å². The minimum absolute atomic E-state index is 0.165. The molecule has 1 saturated heterocycles. The Morgan fingerprint density at radius 3 is 2.85 bits per heavy atom. The van der Waals surface area contributed by atoms with Crippen LogP contribution in [0.15, 0.2) is 11.3 Å². The van der Waals surface area contributed by atoms with Crippen LogP contribution in [0.5, 0.6) is 0 Å². The molecule has 0 saturated carbocycles. The molecule has 0 aromatic carbocycles. The Bertz CT molecular complexity index is 569. The van der Waals surface area contributed by atoms with Crippen LogP contribution in [0, 0.1) is 0 Å². The number of fused-ring (bicyclic) bond motifs is 1. The molecule has 20 heavy (non-hydrogen) atoms. The highest BCUT2D eigenvalue weighted by molar-refractivity contribution is 5.93. The van der Waals surface area contributed by atoms with Crippen molar-refractivity contribution in [2.75, 3.05) is 5.32 Å². The molecule has 5 atom stereocenters. The quantitative estimate of drug-likeness (QED) is 0.426. The minimum Gasteiger partial charge on any atom is -0.387 e. The highest BCUT2D eigenvalue weighted by atomic mass is 16.6. The van der Waals surface area contributed by atoms with Crippen LogP contribution in [0.2, 0.25) is 0 Å². The largest absolute Gasteiger partial charge is 0.387 e. The number of guanidine groups is 1. The predicted molar refractivity (Wildman–Crippen MR) is 70.6 cm³/mol. The van der Waals surface area contributed by atoms with Gasteiger partial charge < -0.3 is 31.7 Å². The predicted octanol–water partition coefficient (Wildman–Crippen LogP) is -1.39. The van der Waals surface area contributed by atoms with Gasteiger partial charge in [-0.05, 0) is 13.8 Å². The lowest BCUT2D eigenvalue weighted by Crippen LogP contribution is -2.43. The summed E-state index contributed by atoms with van der Waals surface area (Å²) in [7, 11) is 0. The molecular weight excluding hydrogens is 264 g/mol. The van der Waals surface area contributed by atoms with Gasteiger partial charge in [0.15, 0.2) is 12.2 Å². The number of ether oxygens (including phenoxy) is 1. The zero-order valence-electron chi connectivity index (χ0n) is 11.2. The number of nitrogens with zero attached hydrogens (tertiary/aromatic N) is 3. The van der Waals surface area contributed by atoms with Gasteiger partial charge in [0.2, 0.25) is 0 Å². The first kappa shape index (κ1) is 13.3. The molecule has 0 radical (unpaired) electrons. The summed E-state index contributed by atoms with van der Waals surface area (Å²) in [4.78, 5) is 8.14. The van der Waals surface area contributed by atoms with Crippen LogP contribution >= 0.6 is 0 Å². The number of anilines is 1. The van der Waals surface area contributed by atoms with Crippen molar-refractivity contribution in [3.63, 3.8) is 0 Å². The van der Waals surface area contributed by atoms with Crippen LogP contribution in [-0.2, 0) is 4.74 Å². The molecule has 9 heteroatoms. The third-order valence-corrected chi connectivity index (χ3v) is 3.77. The van der Waals surface area contributed by atoms with Crippen LogP contribution in [0.3, 0.4) is 0 Å². The molecule has 3 rings (SSSR count). The number of rotatable bonds is 1. The number of hydrogen-bond donors (Lipinski definition) is 5. The average Bonchev–Trinajstić information content (AvgIpc) is 2.85. The van der Waals surface area contributed by atoms with Crippen LogP contribution < -0.4 is 16.8 Å². The second kappa shape index (κ2) is 4.16. The number of hydrogen-bond acceptors (Lipinski definition) is 8. The summed E-state index contributed by atoms with van der Waals surface area (Å²) in [6, 6.07) is 0. The van der Waals surface area contributed by atoms with Crippen molar-refractivity contribution in [1.29, 1.82) is 0 Å². The number of nitrogens with one attached hydrogen (secondary N) is 1. The molecule has 0 spiro atoms. The number of aliphatic hydroxyl groups excluding tert-OH is 1. The van der Waals surface area contributed by atoms with E-state index in [9.17, 15) is 10.2 Å². The highest BCUT2D eigenvalue weighted by Gasteiger charge is 2.52. The van der Waals surface area contributed by atoms with E-state index < -0.39 is 30.2 Å². The van der Waals surface area contributed by atoms with Crippen molar-refractivity contribution >= 4 is 11.8 Å². The Balaban J connectivity index is 2.02. The second-order valence-electron chi connectivity index (χ2n) is 5.33. The number of aliphatic hydroxyl groups is 2. The van der Waals surface area contributed by atoms with E-state index in [0.717, 1.165) is 0 Å². The highest BCUT2D eigenvalue weighted by Crippen LogP contribution is 2.41. The molecule has 3 heterocycles. The maximum absolute atomic E-state index is 10.5. The summed E-state index contributed by atoms with van der Waals surface area (Å²) < 4.78 is 7.20. The second-order valence-corrected chi connectivity index (χ2v) is 5.33. The van der Waals surface area contributed by atoms with Gasteiger partial charge in [-0.15, -0.1) is 0 Å². The van der Waals surface area contributed by atoms with Gasteiger partial charge in [-0.25, -0.2) is 9.98 Å². The maximum Gasteiger partial charge on any atom is 0.196 e. The number of aliphatic imine (C=N–C) groups is 1. The molecular formula is C11H18N6O3. The van der Waals surface area contributed by atoms with Gasteiger partial charge in [0, 0.05) is 0 Å². The molecule has 7 N–H and O–H groups in total. The number of nitrogens with two attached hydrogens (primary N) is 2. The Hall–Kier alpha value is -1.68. The summed E-state index contributed by atoms with van der Waals surface area (Å²) in [5.74, 6) is 0.676. The lowest BCUT2D eigenvalue weighted by Gasteiger charge is -2.29. The molecule has 0 aliphatic carbocycles. The van der Waals surface area contributed by atoms with Gasteiger partial charge in [0.05, 0.1) is 12.4 Å². The van der Waals surface area contributed by atoms with Crippen LogP contribution in [0.25, 0.3) is 0 Å². The van der Waals surface area contributed by atoms with Gasteiger partial charge in [0.25, 0.3) is 0 Å². The Kier molecular flexibility index (Phi) is 2.77. The number of imidazole rings is 1. The molecule has 110 valence electrons. The fraction of sp³-hybridized carbons (Fsp3) is 0.636. The van der Waals surface area contributed by atoms with Crippen molar-refractivity contribution in [3.8, 4) is 0 Å². The summed E-state index contributed by atoms with van der Waals surface area (Å²) in [5.41, 5.74) is 10.5. The normalized spacial score (nSPS) is 40.1. The van der Waals surface area contributed by atoms with Crippen molar-refractivity contribution in [2.24, 2.45) is 16.5 Å². The van der Waals surface area contributed by atoms with Gasteiger partial charge in [-0.3, -0.25) is 4.57 Å². The van der Waals surface area contributed by atoms with E-state index in [0.29, 0.717) is 11.5 Å². The van der Waals surface area contributed by atoms with E-state index >= 15 is 0 Å². The van der Waals surface area contributed by atoms with E-state index in [2.05, 4.69) is 15.3 Å². The molecule has 1 aromatic heterocycles. The lowest BCUT2D eigenvalue weighted by atomic mass is 9.97. The van der Waals surface area contributed by atoms with E-state index in [-0.39, 0.29) is 5.96 Å². The third-order valence-electron chi connectivity index (χ3n) is 3.77. The third kappa shape index (κ3) is 1.71. The topological polar surface area (TPSA) is 144 Å². The molecule has 1 aromatic rings. The summed E-state index contributed by atoms with van der Waals surface area (Å²) >= 11 is 0. The van der Waals surface area contributed by atoms with Crippen molar-refractivity contribution < 1.29 is 14.9 Å². The van der Waals surface area contributed by atoms with Gasteiger partial charge in [-0.2, -0.15) is 0 Å². The monoisotopic (exact) mass is 282 g/mol. The zero-order chi connectivity index (χ0) is 14.7. The average molecular weight is 282 g/mol. The van der Waals surface area contributed by atoms with Crippen LogP contribution in [0.1, 0.15) is 31.9 Å². The number of aromatic nitrogens is 2. The first-order valence-electron chi connectivity index (χ1n) is 6.31. The van der Waals surface area contributed by atoms with E-state index in [1.807, 2.05) is 0 Å². The molecule has 3 unspecified atom stereocenters. The van der Waals surface area contributed by atoms with Crippen LogP contribution in [0.4, 0.5) is 5.82 Å². The van der Waals surface area contributed by atoms with Crippen molar-refractivity contribution in [1.82, 2.24) is 9.55 Å². The smallest absolute Gasteiger partial charge is 0.196 e. The first-order chi connectivity index (χ1) is 9.32. The van der Waals surface area contributed by atoms with E-state index in [1.165, 1.54) is 13.3 Å². The summed E-state index contributed by atoms with van der Waals surface area (Å²) in [6.07, 6.45) is -1.49. The molecule has 0 bridgehead atoms. The van der Waals surface area contributed by atoms with E-state index in [4.69, 9.17) is 16.2 Å². The standard InChI is InChI=1S/C11H18N6O3/c1-4-6(18)11(2,19)9(20-4)17-3-14-5-7(12)15-10(13)16-8(5)17/h3-4,6-7,9,18-19H,12H2,1-2H3,(H3,13,15,16)/t4?,6?,7?,9-,11+/m1/s1. The zero-order valence-corrected chi connectivity index (χ0v) is 11.2. The molecule has 2 aliphatic heterocycles. The lowest BCUT2D eigenvalue weighted by molar-refractivity contribution is -0.0942. The maximum atomic E-state index is 10.5. The SMILES string of the molecule is CC1O[C@@H](n2cnc3c2NC(N)=NC3N)[C@@](C)(O)C1O. The fourth-order valence-corrected chi connectivity index (χ4v) is 2.65. The Morgan fingerprint density at radius 2 is 2.25 bits per heavy atom. The van der Waals surface area contributed by atoms with Crippen molar-refractivity contribution in [3.05, 3.63) is 12.0 Å². The summed E-state index contributed by atoms with van der Waals surface area (Å²) in [5, 5.41) is 23.3. The fourth-order valence-electron chi connectivity index (χ4n) is 2.65. The van der Waals surface area contributed by atoms with Crippen molar-refractivity contribution in [2.45, 2.75) is 44.1 Å². The van der Waals surface area contributed by atoms with Crippen LogP contribution in [-0.4, -0.2) is 43.5 Å².